The van der Waals surface area contributed by atoms with E-state index >= 15 is 0 Å². The van der Waals surface area contributed by atoms with Gasteiger partial charge in [0.2, 0.25) is 5.91 Å². The minimum atomic E-state index is -1.02. The largest absolute Gasteiger partial charge is 0.459 e. The van der Waals surface area contributed by atoms with Crippen molar-refractivity contribution in [1.82, 2.24) is 10.2 Å². The Hall–Kier alpha value is -2.90. The number of benzene rings is 1. The fourth-order valence-electron chi connectivity index (χ4n) is 2.28. The Morgan fingerprint density at radius 1 is 1.20 bits per heavy atom. The normalized spacial score (nSPS) is 16.0. The maximum Gasteiger partial charge on any atom is 0.338 e. The number of carbonyl (C=O) groups is 4. The first kappa shape index (κ1) is 18.4. The number of nitrogens with zero attached hydrogens (tertiary/aromatic N) is 1. The number of amides is 4. The van der Waals surface area contributed by atoms with Gasteiger partial charge in [-0.25, -0.2) is 9.59 Å². The Morgan fingerprint density at radius 2 is 1.80 bits per heavy atom. The van der Waals surface area contributed by atoms with Gasteiger partial charge >= 0.3 is 12.0 Å². The van der Waals surface area contributed by atoms with E-state index in [4.69, 9.17) is 4.74 Å². The fraction of sp³-hybridized carbons (Fsp3) is 0.412. The highest BCUT2D eigenvalue weighted by Crippen LogP contribution is 2.17. The van der Waals surface area contributed by atoms with E-state index in [0.717, 1.165) is 4.90 Å². The molecule has 134 valence electrons. The Balaban J connectivity index is 1.96. The van der Waals surface area contributed by atoms with Gasteiger partial charge in [0, 0.05) is 5.69 Å². The quantitative estimate of drug-likeness (QED) is 0.621. The molecule has 0 radical (unpaired) electrons. The lowest BCUT2D eigenvalue weighted by Gasteiger charge is -2.15. The molecule has 1 fully saturated rings. The van der Waals surface area contributed by atoms with Gasteiger partial charge in [-0.3, -0.25) is 14.5 Å². The Kier molecular flexibility index (Phi) is 5.10. The van der Waals surface area contributed by atoms with Gasteiger partial charge in [-0.15, -0.1) is 0 Å². The molecular weight excluding hydrogens is 326 g/mol. The topological polar surface area (TPSA) is 105 Å². The lowest BCUT2D eigenvalue weighted by Crippen LogP contribution is -2.41. The maximum atomic E-state index is 12.1. The molecule has 1 aliphatic rings. The number of hydrogen-bond donors (Lipinski definition) is 2. The van der Waals surface area contributed by atoms with Crippen LogP contribution in [0.5, 0.6) is 0 Å². The second-order valence-corrected chi connectivity index (χ2v) is 6.53. The standard InChI is InChI=1S/C17H21N3O5/c1-10(2)25-14(22)11-5-7-12(8-6-11)18-13(21)9-20-15(23)17(3,4)19-16(20)24/h5-8,10H,9H2,1-4H3,(H,18,21)(H,19,24). The van der Waals surface area contributed by atoms with Crippen LogP contribution in [0.15, 0.2) is 24.3 Å². The highest BCUT2D eigenvalue weighted by atomic mass is 16.5. The minimum Gasteiger partial charge on any atom is -0.459 e. The summed E-state index contributed by atoms with van der Waals surface area (Å²) in [6.45, 7) is 6.26. The molecule has 0 bridgehead atoms. The van der Waals surface area contributed by atoms with Crippen molar-refractivity contribution in [3.63, 3.8) is 0 Å². The molecule has 0 aliphatic carbocycles. The smallest absolute Gasteiger partial charge is 0.338 e. The van der Waals surface area contributed by atoms with Crippen molar-refractivity contribution in [2.75, 3.05) is 11.9 Å². The SMILES string of the molecule is CC(C)OC(=O)c1ccc(NC(=O)CN2C(=O)NC(C)(C)C2=O)cc1. The summed E-state index contributed by atoms with van der Waals surface area (Å²) in [5.74, 6) is -1.42. The Bertz CT molecular complexity index is 709. The molecule has 2 rings (SSSR count). The molecule has 1 aromatic rings. The van der Waals surface area contributed by atoms with E-state index in [2.05, 4.69) is 10.6 Å². The van der Waals surface area contributed by atoms with E-state index in [0.29, 0.717) is 11.3 Å². The van der Waals surface area contributed by atoms with Gasteiger partial charge in [-0.2, -0.15) is 0 Å². The molecule has 25 heavy (non-hydrogen) atoms. The summed E-state index contributed by atoms with van der Waals surface area (Å²) in [6.07, 6.45) is -0.222. The molecule has 1 heterocycles. The van der Waals surface area contributed by atoms with Crippen molar-refractivity contribution < 1.29 is 23.9 Å². The minimum absolute atomic E-state index is 0.222. The highest BCUT2D eigenvalue weighted by Gasteiger charge is 2.44. The van der Waals surface area contributed by atoms with Gasteiger partial charge in [0.15, 0.2) is 0 Å². The first-order valence-corrected chi connectivity index (χ1v) is 7.85. The van der Waals surface area contributed by atoms with Gasteiger partial charge in [0.05, 0.1) is 11.7 Å². The molecular formula is C17H21N3O5. The van der Waals surface area contributed by atoms with Crippen LogP contribution in [0.3, 0.4) is 0 Å². The molecule has 1 saturated heterocycles. The zero-order valence-corrected chi connectivity index (χ0v) is 14.6. The maximum absolute atomic E-state index is 12.1. The van der Waals surface area contributed by atoms with E-state index in [1.807, 2.05) is 0 Å². The monoisotopic (exact) mass is 347 g/mol. The molecule has 8 heteroatoms. The van der Waals surface area contributed by atoms with Crippen molar-refractivity contribution in [3.05, 3.63) is 29.8 Å². The van der Waals surface area contributed by atoms with Crippen molar-refractivity contribution >= 4 is 29.5 Å². The fourth-order valence-corrected chi connectivity index (χ4v) is 2.28. The number of nitrogens with one attached hydrogen (secondary N) is 2. The summed E-state index contributed by atoms with van der Waals surface area (Å²) in [4.78, 5) is 48.5. The van der Waals surface area contributed by atoms with Gasteiger partial charge in [-0.05, 0) is 52.0 Å². The van der Waals surface area contributed by atoms with Crippen LogP contribution in [0.2, 0.25) is 0 Å². The molecule has 0 unspecified atom stereocenters. The summed E-state index contributed by atoms with van der Waals surface area (Å²) in [7, 11) is 0. The first-order chi connectivity index (χ1) is 11.6. The lowest BCUT2D eigenvalue weighted by molar-refractivity contribution is -0.132. The number of imide groups is 1. The van der Waals surface area contributed by atoms with Crippen LogP contribution in [-0.4, -0.2) is 46.9 Å². The second-order valence-electron chi connectivity index (χ2n) is 6.53. The number of rotatable bonds is 5. The van der Waals surface area contributed by atoms with Crippen LogP contribution in [-0.2, 0) is 14.3 Å². The first-order valence-electron chi connectivity index (χ1n) is 7.85. The zero-order valence-electron chi connectivity index (χ0n) is 14.6. The van der Waals surface area contributed by atoms with Crippen molar-refractivity contribution in [2.24, 2.45) is 0 Å². The predicted octanol–water partition coefficient (Wildman–Crippen LogP) is 1.52. The lowest BCUT2D eigenvalue weighted by atomic mass is 10.1. The van der Waals surface area contributed by atoms with Crippen LogP contribution in [0.1, 0.15) is 38.1 Å². The average molecular weight is 347 g/mol. The third-order valence-corrected chi connectivity index (χ3v) is 3.49. The highest BCUT2D eigenvalue weighted by molar-refractivity contribution is 6.09. The molecule has 1 aliphatic heterocycles. The van der Waals surface area contributed by atoms with Crippen LogP contribution >= 0.6 is 0 Å². The molecule has 0 atom stereocenters. The summed E-state index contributed by atoms with van der Waals surface area (Å²) in [6, 6.07) is 5.54. The van der Waals surface area contributed by atoms with Crippen molar-refractivity contribution in [2.45, 2.75) is 39.3 Å². The van der Waals surface area contributed by atoms with Crippen LogP contribution in [0.25, 0.3) is 0 Å². The van der Waals surface area contributed by atoms with E-state index in [-0.39, 0.29) is 12.6 Å². The van der Waals surface area contributed by atoms with E-state index < -0.39 is 29.4 Å². The van der Waals surface area contributed by atoms with E-state index in [1.54, 1.807) is 39.8 Å². The van der Waals surface area contributed by atoms with Crippen molar-refractivity contribution in [1.29, 1.82) is 0 Å². The summed E-state index contributed by atoms with van der Waals surface area (Å²) >= 11 is 0. The zero-order chi connectivity index (χ0) is 18.8. The van der Waals surface area contributed by atoms with Gasteiger partial charge in [0.25, 0.3) is 5.91 Å². The van der Waals surface area contributed by atoms with E-state index in [9.17, 15) is 19.2 Å². The summed E-state index contributed by atoms with van der Waals surface area (Å²) < 4.78 is 5.07. The Morgan fingerprint density at radius 3 is 2.28 bits per heavy atom. The third kappa shape index (κ3) is 4.34. The Labute approximate surface area is 145 Å². The summed E-state index contributed by atoms with van der Waals surface area (Å²) in [5.41, 5.74) is -0.213. The molecule has 8 nitrogen and oxygen atoms in total. The van der Waals surface area contributed by atoms with Crippen LogP contribution in [0, 0.1) is 0 Å². The van der Waals surface area contributed by atoms with E-state index in [1.165, 1.54) is 12.1 Å². The van der Waals surface area contributed by atoms with Crippen LogP contribution < -0.4 is 10.6 Å². The van der Waals surface area contributed by atoms with Crippen LogP contribution in [0.4, 0.5) is 10.5 Å². The molecule has 0 saturated carbocycles. The number of esters is 1. The molecule has 4 amide bonds. The van der Waals surface area contributed by atoms with Gasteiger partial charge in [0.1, 0.15) is 12.1 Å². The van der Waals surface area contributed by atoms with Crippen molar-refractivity contribution in [3.8, 4) is 0 Å². The third-order valence-electron chi connectivity index (χ3n) is 3.49. The molecule has 0 aromatic heterocycles. The average Bonchev–Trinajstić information content (AvgIpc) is 2.69. The summed E-state index contributed by atoms with van der Waals surface area (Å²) in [5, 5.41) is 5.08. The predicted molar refractivity (Wildman–Crippen MR) is 89.9 cm³/mol. The number of ether oxygens (including phenoxy) is 1. The number of carbonyl (C=O) groups excluding carboxylic acids is 4. The van der Waals surface area contributed by atoms with Gasteiger partial charge in [-0.1, -0.05) is 0 Å². The number of anilines is 1. The number of urea groups is 1. The molecule has 2 N–H and O–H groups in total. The van der Waals surface area contributed by atoms with Gasteiger partial charge < -0.3 is 15.4 Å². The molecule has 1 aromatic carbocycles. The second kappa shape index (κ2) is 6.92. The molecule has 0 spiro atoms. The number of hydrogen-bond acceptors (Lipinski definition) is 5.